The second kappa shape index (κ2) is 10.0. The first-order chi connectivity index (χ1) is 17.8. The predicted octanol–water partition coefficient (Wildman–Crippen LogP) is 2.32. The lowest BCUT2D eigenvalue weighted by Crippen LogP contribution is -2.57. The predicted molar refractivity (Wildman–Crippen MR) is 142 cm³/mol. The number of methoxy groups -OCH3 is 1. The average molecular weight is 524 g/mol. The number of ether oxygens (including phenoxy) is 1. The Morgan fingerprint density at radius 1 is 1.16 bits per heavy atom. The Morgan fingerprint density at radius 2 is 1.86 bits per heavy atom. The fraction of sp³-hybridized carbons (Fsp3) is 0.464. The van der Waals surface area contributed by atoms with Crippen LogP contribution in [0.4, 0.5) is 5.69 Å². The molecule has 2 aromatic carbocycles. The topological polar surface area (TPSA) is 108 Å². The van der Waals surface area contributed by atoms with Crippen LogP contribution in [0.1, 0.15) is 18.9 Å². The average Bonchev–Trinajstić information content (AvgIpc) is 3.51. The lowest BCUT2D eigenvalue weighted by molar-refractivity contribution is -0.142. The van der Waals surface area contributed by atoms with Crippen LogP contribution < -0.4 is 15.4 Å². The maximum absolute atomic E-state index is 14.2. The van der Waals surface area contributed by atoms with Gasteiger partial charge in [0.25, 0.3) is 0 Å². The van der Waals surface area contributed by atoms with Crippen molar-refractivity contribution in [3.05, 3.63) is 60.2 Å². The quantitative estimate of drug-likeness (QED) is 0.490. The number of likely N-dealkylation sites (tertiary alicyclic amines) is 1. The van der Waals surface area contributed by atoms with Crippen LogP contribution in [-0.2, 0) is 20.8 Å². The number of amides is 3. The van der Waals surface area contributed by atoms with Gasteiger partial charge in [0.05, 0.1) is 36.3 Å². The van der Waals surface area contributed by atoms with Gasteiger partial charge in [0.1, 0.15) is 11.8 Å². The van der Waals surface area contributed by atoms with E-state index >= 15 is 0 Å². The van der Waals surface area contributed by atoms with Crippen LogP contribution >= 0.6 is 11.8 Å². The Labute approximate surface area is 221 Å². The minimum Gasteiger partial charge on any atom is -0.497 e. The molecular weight excluding hydrogens is 490 g/mol. The number of aliphatic hydroxyl groups is 1. The number of thioether (sulfide) groups is 1. The highest BCUT2D eigenvalue weighted by Gasteiger charge is 2.76. The van der Waals surface area contributed by atoms with Crippen molar-refractivity contribution in [3.63, 3.8) is 0 Å². The second-order valence-corrected chi connectivity index (χ2v) is 11.7. The van der Waals surface area contributed by atoms with Crippen LogP contribution in [0.2, 0.25) is 0 Å². The molecule has 3 aliphatic rings. The first-order valence-corrected chi connectivity index (χ1v) is 13.5. The second-order valence-electron chi connectivity index (χ2n) is 10.2. The maximum Gasteiger partial charge on any atom is 0.248 e. The summed E-state index contributed by atoms with van der Waals surface area (Å²) in [5.74, 6) is -1.09. The molecular formula is C28H33N3O5S. The van der Waals surface area contributed by atoms with Gasteiger partial charge in [-0.15, -0.1) is 11.8 Å². The molecule has 3 N–H and O–H groups in total. The van der Waals surface area contributed by atoms with Crippen molar-refractivity contribution in [1.29, 1.82) is 0 Å². The van der Waals surface area contributed by atoms with E-state index in [4.69, 9.17) is 4.74 Å². The Morgan fingerprint density at radius 3 is 2.49 bits per heavy atom. The number of nitrogens with zero attached hydrogens (tertiary/aromatic N) is 1. The summed E-state index contributed by atoms with van der Waals surface area (Å²) in [6.45, 7) is 1.79. The number of benzene rings is 2. The Kier molecular flexibility index (Phi) is 6.93. The van der Waals surface area contributed by atoms with Gasteiger partial charge in [-0.2, -0.15) is 0 Å². The lowest BCUT2D eigenvalue weighted by atomic mass is 9.66. The number of hydrogen-bond acceptors (Lipinski definition) is 6. The minimum absolute atomic E-state index is 0.0240. The number of aliphatic hydroxyl groups excluding tert-OH is 1. The van der Waals surface area contributed by atoms with Gasteiger partial charge in [0.2, 0.25) is 17.7 Å². The van der Waals surface area contributed by atoms with Gasteiger partial charge >= 0.3 is 0 Å². The molecule has 196 valence electrons. The Balaban J connectivity index is 1.56. The molecule has 2 bridgehead atoms. The Bertz CT molecular complexity index is 1180. The van der Waals surface area contributed by atoms with E-state index in [2.05, 4.69) is 17.6 Å². The van der Waals surface area contributed by atoms with Crippen LogP contribution in [-0.4, -0.2) is 70.6 Å². The van der Waals surface area contributed by atoms with Crippen molar-refractivity contribution in [2.75, 3.05) is 26.1 Å². The SMILES string of the molecule is CNC(=O)[C@@H]1[C@H]2C(=O)N([C@@H](CO)Cc3ccccc3)C(C(=O)Nc3ccc(OC)cc3)C23S[C@@H]1CC3C. The van der Waals surface area contributed by atoms with Crippen LogP contribution in [0.25, 0.3) is 0 Å². The van der Waals surface area contributed by atoms with Crippen molar-refractivity contribution < 1.29 is 24.2 Å². The molecule has 0 aromatic heterocycles. The van der Waals surface area contributed by atoms with E-state index in [-0.39, 0.29) is 35.5 Å². The molecule has 0 radical (unpaired) electrons. The number of anilines is 1. The van der Waals surface area contributed by atoms with Gasteiger partial charge in [-0.25, -0.2) is 0 Å². The third-order valence-electron chi connectivity index (χ3n) is 8.26. The molecule has 3 heterocycles. The van der Waals surface area contributed by atoms with Gasteiger partial charge in [-0.05, 0) is 48.6 Å². The van der Waals surface area contributed by atoms with Gasteiger partial charge in [-0.1, -0.05) is 37.3 Å². The van der Waals surface area contributed by atoms with Gasteiger partial charge < -0.3 is 25.4 Å². The number of nitrogens with one attached hydrogen (secondary N) is 2. The van der Waals surface area contributed by atoms with Crippen molar-refractivity contribution in [2.45, 2.75) is 41.8 Å². The molecule has 9 heteroatoms. The summed E-state index contributed by atoms with van der Waals surface area (Å²) < 4.78 is 4.48. The Hall–Kier alpha value is -3.04. The van der Waals surface area contributed by atoms with Crippen LogP contribution in [0.5, 0.6) is 5.75 Å². The summed E-state index contributed by atoms with van der Waals surface area (Å²) >= 11 is 1.62. The van der Waals surface area contributed by atoms with Crippen LogP contribution in [0.3, 0.4) is 0 Å². The summed E-state index contributed by atoms with van der Waals surface area (Å²) in [4.78, 5) is 42.9. The molecule has 2 aromatic rings. The number of carbonyl (C=O) groups is 3. The monoisotopic (exact) mass is 523 g/mol. The van der Waals surface area contributed by atoms with E-state index in [1.165, 1.54) is 0 Å². The zero-order valence-electron chi connectivity index (χ0n) is 21.2. The summed E-state index contributed by atoms with van der Waals surface area (Å²) in [6.07, 6.45) is 1.17. The third kappa shape index (κ3) is 4.08. The number of hydrogen-bond donors (Lipinski definition) is 3. The van der Waals surface area contributed by atoms with Crippen LogP contribution in [0.15, 0.2) is 54.6 Å². The van der Waals surface area contributed by atoms with E-state index in [1.54, 1.807) is 55.1 Å². The van der Waals surface area contributed by atoms with Gasteiger partial charge in [0, 0.05) is 18.0 Å². The largest absolute Gasteiger partial charge is 0.497 e. The molecule has 37 heavy (non-hydrogen) atoms. The molecule has 3 unspecified atom stereocenters. The van der Waals surface area contributed by atoms with Crippen molar-refractivity contribution in [1.82, 2.24) is 10.2 Å². The highest BCUT2D eigenvalue weighted by Crippen LogP contribution is 2.68. The zero-order valence-corrected chi connectivity index (χ0v) is 22.0. The minimum atomic E-state index is -0.826. The highest BCUT2D eigenvalue weighted by molar-refractivity contribution is 8.02. The van der Waals surface area contributed by atoms with Crippen molar-refractivity contribution in [3.8, 4) is 5.75 Å². The summed E-state index contributed by atoms with van der Waals surface area (Å²) in [7, 11) is 3.17. The van der Waals surface area contributed by atoms with Gasteiger partial charge in [0.15, 0.2) is 0 Å². The lowest BCUT2D eigenvalue weighted by Gasteiger charge is -2.40. The van der Waals surface area contributed by atoms with E-state index < -0.39 is 28.7 Å². The van der Waals surface area contributed by atoms with Crippen LogP contribution in [0, 0.1) is 17.8 Å². The fourth-order valence-electron chi connectivity index (χ4n) is 6.64. The normalized spacial score (nSPS) is 30.6. The molecule has 1 spiro atoms. The highest BCUT2D eigenvalue weighted by atomic mass is 32.2. The van der Waals surface area contributed by atoms with E-state index in [0.717, 1.165) is 12.0 Å². The molecule has 7 atom stereocenters. The number of carbonyl (C=O) groups excluding carboxylic acids is 3. The molecule has 0 saturated carbocycles. The number of fused-ring (bicyclic) bond motifs is 1. The molecule has 3 aliphatic heterocycles. The van der Waals surface area contributed by atoms with E-state index in [9.17, 15) is 19.5 Å². The van der Waals surface area contributed by atoms with Crippen molar-refractivity contribution in [2.24, 2.45) is 17.8 Å². The molecule has 0 aliphatic carbocycles. The summed E-state index contributed by atoms with van der Waals surface area (Å²) in [5, 5.41) is 16.2. The standard InChI is InChI=1S/C28H33N3O5S/c1-16-13-21-22(25(33)29-2)23-27(35)31(19(15-32)14-17-7-5-4-6-8-17)24(28(16,23)37-21)26(34)30-18-9-11-20(36-3)12-10-18/h4-12,16,19,21-24,32H,13-15H2,1-3H3,(H,29,33)(H,30,34)/t16?,19-,21-,22+,23+,24?,28?/m1/s1. The molecule has 3 fully saturated rings. The van der Waals surface area contributed by atoms with E-state index in [0.29, 0.717) is 17.9 Å². The maximum atomic E-state index is 14.2. The third-order valence-corrected chi connectivity index (χ3v) is 10.3. The first-order valence-electron chi connectivity index (χ1n) is 12.7. The summed E-state index contributed by atoms with van der Waals surface area (Å²) in [5.41, 5.74) is 1.56. The molecule has 3 amide bonds. The number of rotatable bonds is 8. The summed E-state index contributed by atoms with van der Waals surface area (Å²) in [6, 6.07) is 15.3. The molecule has 8 nitrogen and oxygen atoms in total. The molecule has 3 saturated heterocycles. The van der Waals surface area contributed by atoms with Crippen molar-refractivity contribution >= 4 is 35.2 Å². The van der Waals surface area contributed by atoms with Gasteiger partial charge in [-0.3, -0.25) is 14.4 Å². The first kappa shape index (κ1) is 25.6. The smallest absolute Gasteiger partial charge is 0.248 e. The molecule has 5 rings (SSSR count). The van der Waals surface area contributed by atoms with E-state index in [1.807, 2.05) is 30.3 Å². The fourth-order valence-corrected chi connectivity index (χ4v) is 9.05. The zero-order chi connectivity index (χ0) is 26.3.